The second-order valence-corrected chi connectivity index (χ2v) is 2.80. The van der Waals surface area contributed by atoms with Gasteiger partial charge in [0.25, 0.3) is 0 Å². The van der Waals surface area contributed by atoms with Crippen molar-refractivity contribution in [2.45, 2.75) is 6.42 Å². The zero-order chi connectivity index (χ0) is 8.27. The molecule has 0 saturated heterocycles. The minimum Gasteiger partial charge on any atom is -0.243 e. The van der Waals surface area contributed by atoms with Gasteiger partial charge in [-0.2, -0.15) is 0 Å². The molecule has 11 heavy (non-hydrogen) atoms. The van der Waals surface area contributed by atoms with Crippen molar-refractivity contribution in [3.8, 4) is 0 Å². The molecule has 0 radical (unpaired) electrons. The highest BCUT2D eigenvalue weighted by Gasteiger charge is 2.02. The van der Waals surface area contributed by atoms with Crippen LogP contribution in [0.2, 0.25) is 10.2 Å². The van der Waals surface area contributed by atoms with Gasteiger partial charge < -0.3 is 0 Å². The molecular weight excluding hydrogens is 181 g/mol. The largest absolute Gasteiger partial charge is 0.243 e. The van der Waals surface area contributed by atoms with Crippen LogP contribution in [0, 0.1) is 0 Å². The SMILES string of the molecule is C=CCc1ccnc(Cl)c1Cl. The van der Waals surface area contributed by atoms with E-state index in [2.05, 4.69) is 11.6 Å². The molecule has 0 aromatic carbocycles. The summed E-state index contributed by atoms with van der Waals surface area (Å²) in [6.07, 6.45) is 4.13. The predicted octanol–water partition coefficient (Wildman–Crippen LogP) is 3.12. The number of hydrogen-bond donors (Lipinski definition) is 0. The monoisotopic (exact) mass is 187 g/mol. The Kier molecular flexibility index (Phi) is 2.92. The molecule has 0 unspecified atom stereocenters. The van der Waals surface area contributed by atoms with Crippen LogP contribution in [0.4, 0.5) is 0 Å². The smallest absolute Gasteiger partial charge is 0.147 e. The highest BCUT2D eigenvalue weighted by atomic mass is 35.5. The van der Waals surface area contributed by atoms with Gasteiger partial charge in [-0.25, -0.2) is 4.98 Å². The highest BCUT2D eigenvalue weighted by molar-refractivity contribution is 6.41. The third-order valence-electron chi connectivity index (χ3n) is 1.29. The van der Waals surface area contributed by atoms with Crippen LogP contribution < -0.4 is 0 Å². The van der Waals surface area contributed by atoms with Gasteiger partial charge in [0.15, 0.2) is 0 Å². The minimum absolute atomic E-state index is 0.353. The molecule has 1 aromatic rings. The molecule has 1 nitrogen and oxygen atoms in total. The number of halogens is 2. The summed E-state index contributed by atoms with van der Waals surface area (Å²) in [5, 5.41) is 0.875. The quantitative estimate of drug-likeness (QED) is 0.513. The number of aromatic nitrogens is 1. The molecule has 0 aliphatic heterocycles. The van der Waals surface area contributed by atoms with Crippen molar-refractivity contribution in [1.29, 1.82) is 0 Å². The van der Waals surface area contributed by atoms with E-state index in [1.54, 1.807) is 12.3 Å². The molecular formula is C8H7Cl2N. The van der Waals surface area contributed by atoms with Crippen molar-refractivity contribution in [3.63, 3.8) is 0 Å². The number of pyridine rings is 1. The lowest BCUT2D eigenvalue weighted by Gasteiger charge is -2.00. The zero-order valence-electron chi connectivity index (χ0n) is 5.85. The summed E-state index contributed by atoms with van der Waals surface area (Å²) in [4.78, 5) is 3.82. The standard InChI is InChI=1S/C8H7Cl2N/c1-2-3-6-4-5-11-8(10)7(6)9/h2,4-5H,1,3H2. The van der Waals surface area contributed by atoms with Crippen molar-refractivity contribution in [1.82, 2.24) is 4.98 Å². The Morgan fingerprint density at radius 3 is 2.91 bits per heavy atom. The van der Waals surface area contributed by atoms with E-state index in [0.29, 0.717) is 10.2 Å². The van der Waals surface area contributed by atoms with Crippen molar-refractivity contribution in [2.75, 3.05) is 0 Å². The van der Waals surface area contributed by atoms with Gasteiger partial charge in [-0.1, -0.05) is 29.3 Å². The van der Waals surface area contributed by atoms with E-state index in [0.717, 1.165) is 12.0 Å². The Morgan fingerprint density at radius 2 is 2.27 bits per heavy atom. The lowest BCUT2D eigenvalue weighted by Crippen LogP contribution is -1.85. The normalized spacial score (nSPS) is 9.64. The van der Waals surface area contributed by atoms with Crippen LogP contribution in [0.15, 0.2) is 24.9 Å². The van der Waals surface area contributed by atoms with Gasteiger partial charge in [-0.15, -0.1) is 6.58 Å². The van der Waals surface area contributed by atoms with E-state index in [1.165, 1.54) is 0 Å². The number of nitrogens with zero attached hydrogens (tertiary/aromatic N) is 1. The summed E-state index contributed by atoms with van der Waals surface area (Å²) >= 11 is 11.5. The lowest BCUT2D eigenvalue weighted by molar-refractivity contribution is 1.21. The fourth-order valence-corrected chi connectivity index (χ4v) is 1.13. The van der Waals surface area contributed by atoms with Crippen LogP contribution in [0.3, 0.4) is 0 Å². The Balaban J connectivity index is 3.05. The molecule has 0 aliphatic carbocycles. The maximum absolute atomic E-state index is 5.83. The van der Waals surface area contributed by atoms with E-state index in [-0.39, 0.29) is 0 Å². The summed E-state index contributed by atoms with van der Waals surface area (Å²) in [5.74, 6) is 0. The molecule has 0 bridgehead atoms. The number of rotatable bonds is 2. The van der Waals surface area contributed by atoms with Crippen molar-refractivity contribution < 1.29 is 0 Å². The summed E-state index contributed by atoms with van der Waals surface area (Å²) < 4.78 is 0. The maximum Gasteiger partial charge on any atom is 0.147 e. The Bertz CT molecular complexity index is 271. The van der Waals surface area contributed by atoms with Gasteiger partial charge in [0.2, 0.25) is 0 Å². The van der Waals surface area contributed by atoms with Crippen LogP contribution in [0.1, 0.15) is 5.56 Å². The lowest BCUT2D eigenvalue weighted by atomic mass is 10.2. The van der Waals surface area contributed by atoms with E-state index in [1.807, 2.05) is 6.07 Å². The number of allylic oxidation sites excluding steroid dienone is 1. The first-order chi connectivity index (χ1) is 5.25. The molecule has 0 spiro atoms. The second-order valence-electron chi connectivity index (χ2n) is 2.07. The fraction of sp³-hybridized carbons (Fsp3) is 0.125. The van der Waals surface area contributed by atoms with Crippen LogP contribution in [-0.4, -0.2) is 4.98 Å². The van der Waals surface area contributed by atoms with E-state index in [9.17, 15) is 0 Å². The molecule has 0 atom stereocenters. The molecule has 0 N–H and O–H groups in total. The predicted molar refractivity (Wildman–Crippen MR) is 48.2 cm³/mol. The molecule has 0 amide bonds. The van der Waals surface area contributed by atoms with Gasteiger partial charge in [0.1, 0.15) is 5.15 Å². The third kappa shape index (κ3) is 1.95. The fourth-order valence-electron chi connectivity index (χ4n) is 0.768. The van der Waals surface area contributed by atoms with Crippen LogP contribution in [0.25, 0.3) is 0 Å². The summed E-state index contributed by atoms with van der Waals surface area (Å²) in [6.45, 7) is 3.60. The van der Waals surface area contributed by atoms with Gasteiger partial charge in [-0.3, -0.25) is 0 Å². The third-order valence-corrected chi connectivity index (χ3v) is 2.10. The van der Waals surface area contributed by atoms with Gasteiger partial charge in [-0.05, 0) is 18.1 Å². The first-order valence-electron chi connectivity index (χ1n) is 3.15. The summed E-state index contributed by atoms with van der Waals surface area (Å²) in [6, 6.07) is 1.83. The molecule has 1 aromatic heterocycles. The topological polar surface area (TPSA) is 12.9 Å². The molecule has 0 fully saturated rings. The molecule has 0 saturated carbocycles. The summed E-state index contributed by atoms with van der Waals surface area (Å²) in [5.41, 5.74) is 0.960. The first kappa shape index (κ1) is 8.57. The zero-order valence-corrected chi connectivity index (χ0v) is 7.36. The first-order valence-corrected chi connectivity index (χ1v) is 3.91. The summed E-state index contributed by atoms with van der Waals surface area (Å²) in [7, 11) is 0. The van der Waals surface area contributed by atoms with Crippen LogP contribution >= 0.6 is 23.2 Å². The number of hydrogen-bond acceptors (Lipinski definition) is 1. The maximum atomic E-state index is 5.83. The van der Waals surface area contributed by atoms with Crippen LogP contribution in [0.5, 0.6) is 0 Å². The average molecular weight is 188 g/mol. The molecule has 0 aliphatic rings. The van der Waals surface area contributed by atoms with Crippen molar-refractivity contribution >= 4 is 23.2 Å². The van der Waals surface area contributed by atoms with Gasteiger partial charge in [0, 0.05) is 6.20 Å². The Hall–Kier alpha value is -0.530. The minimum atomic E-state index is 0.353. The van der Waals surface area contributed by atoms with E-state index in [4.69, 9.17) is 23.2 Å². The molecule has 1 rings (SSSR count). The molecule has 1 heterocycles. The second kappa shape index (κ2) is 3.74. The van der Waals surface area contributed by atoms with Crippen LogP contribution in [-0.2, 0) is 6.42 Å². The molecule has 58 valence electrons. The van der Waals surface area contributed by atoms with Crippen molar-refractivity contribution in [2.24, 2.45) is 0 Å². The Morgan fingerprint density at radius 1 is 1.55 bits per heavy atom. The van der Waals surface area contributed by atoms with E-state index >= 15 is 0 Å². The Labute approximate surface area is 75.7 Å². The van der Waals surface area contributed by atoms with Gasteiger partial charge >= 0.3 is 0 Å². The highest BCUT2D eigenvalue weighted by Crippen LogP contribution is 2.23. The molecule has 3 heteroatoms. The van der Waals surface area contributed by atoms with Crippen molar-refractivity contribution in [3.05, 3.63) is 40.7 Å². The average Bonchev–Trinajstić information content (AvgIpc) is 1.99. The van der Waals surface area contributed by atoms with E-state index < -0.39 is 0 Å². The van der Waals surface area contributed by atoms with Gasteiger partial charge in [0.05, 0.1) is 5.02 Å².